The standard InChI is InChI=1S/C18H23O4PS/c1-3-15-13(2)17(21-12-14-8-5-4-6-9-14)18(19)23(20,22-15)16-10-7-11-24-16/h4-11,13,15,17-19H,3,12H2,1-2H3/t13-,15-,17?,18?,23?/m1/s1. The van der Waals surface area contributed by atoms with Gasteiger partial charge in [0.1, 0.15) is 0 Å². The first-order valence-corrected chi connectivity index (χ1v) is 10.8. The van der Waals surface area contributed by atoms with Crippen LogP contribution in [0, 0.1) is 5.92 Å². The lowest BCUT2D eigenvalue weighted by atomic mass is 9.96. The van der Waals surface area contributed by atoms with E-state index in [4.69, 9.17) is 9.26 Å². The second-order valence-corrected chi connectivity index (χ2v) is 9.80. The lowest BCUT2D eigenvalue weighted by molar-refractivity contribution is -0.0937. The number of rotatable bonds is 5. The van der Waals surface area contributed by atoms with E-state index in [-0.39, 0.29) is 12.0 Å². The Labute approximate surface area is 146 Å². The Morgan fingerprint density at radius 3 is 2.62 bits per heavy atom. The van der Waals surface area contributed by atoms with Crippen LogP contribution in [-0.2, 0) is 20.4 Å². The maximum atomic E-state index is 13.4. The SMILES string of the molecule is CC[C@H]1OP(=O)(c2cccs2)C(O)C(OCc2ccccc2)[C@@H]1C. The van der Waals surface area contributed by atoms with Gasteiger partial charge in [-0.3, -0.25) is 4.57 Å². The molecule has 2 heterocycles. The zero-order valence-electron chi connectivity index (χ0n) is 13.9. The van der Waals surface area contributed by atoms with Crippen molar-refractivity contribution < 1.29 is 18.9 Å². The van der Waals surface area contributed by atoms with Crippen molar-refractivity contribution in [3.8, 4) is 0 Å². The van der Waals surface area contributed by atoms with Crippen molar-refractivity contribution in [2.45, 2.75) is 44.9 Å². The van der Waals surface area contributed by atoms with Gasteiger partial charge in [-0.1, -0.05) is 50.2 Å². The van der Waals surface area contributed by atoms with Crippen molar-refractivity contribution in [1.29, 1.82) is 0 Å². The van der Waals surface area contributed by atoms with Crippen molar-refractivity contribution in [2.24, 2.45) is 5.92 Å². The summed E-state index contributed by atoms with van der Waals surface area (Å²) in [6, 6.07) is 13.4. The predicted molar refractivity (Wildman–Crippen MR) is 96.9 cm³/mol. The minimum Gasteiger partial charge on any atom is -0.380 e. The minimum absolute atomic E-state index is 0.0317. The van der Waals surface area contributed by atoms with Gasteiger partial charge in [-0.2, -0.15) is 0 Å². The fourth-order valence-electron chi connectivity index (χ4n) is 3.12. The van der Waals surface area contributed by atoms with Gasteiger partial charge in [0, 0.05) is 5.92 Å². The molecule has 1 aliphatic rings. The molecular weight excluding hydrogens is 343 g/mol. The molecule has 3 rings (SSSR count). The number of aliphatic hydroxyl groups is 1. The van der Waals surface area contributed by atoms with Crippen LogP contribution in [0.2, 0.25) is 0 Å². The smallest absolute Gasteiger partial charge is 0.272 e. The van der Waals surface area contributed by atoms with E-state index in [9.17, 15) is 9.67 Å². The molecule has 1 N–H and O–H groups in total. The van der Waals surface area contributed by atoms with E-state index >= 15 is 0 Å². The number of aliphatic hydroxyl groups excluding tert-OH is 1. The van der Waals surface area contributed by atoms with E-state index in [1.54, 1.807) is 6.07 Å². The van der Waals surface area contributed by atoms with Crippen LogP contribution >= 0.6 is 18.7 Å². The summed E-state index contributed by atoms with van der Waals surface area (Å²) in [5.41, 5.74) is 1.03. The van der Waals surface area contributed by atoms with Crippen molar-refractivity contribution in [3.63, 3.8) is 0 Å². The summed E-state index contributed by atoms with van der Waals surface area (Å²) < 4.78 is 26.0. The second kappa shape index (κ2) is 7.51. The number of benzene rings is 1. The minimum atomic E-state index is -3.35. The number of hydrogen-bond donors (Lipinski definition) is 1. The first-order valence-electron chi connectivity index (χ1n) is 8.22. The molecule has 6 heteroatoms. The van der Waals surface area contributed by atoms with Gasteiger partial charge in [0.2, 0.25) is 0 Å². The van der Waals surface area contributed by atoms with E-state index in [1.165, 1.54) is 11.3 Å². The molecule has 1 aromatic carbocycles. The number of ether oxygens (including phenoxy) is 1. The van der Waals surface area contributed by atoms with E-state index in [2.05, 4.69) is 0 Å². The average Bonchev–Trinajstić information content (AvgIpc) is 3.14. The fraction of sp³-hybridized carbons (Fsp3) is 0.444. The Morgan fingerprint density at radius 1 is 1.25 bits per heavy atom. The zero-order chi connectivity index (χ0) is 17.2. The van der Waals surface area contributed by atoms with Crippen molar-refractivity contribution in [3.05, 3.63) is 53.4 Å². The molecule has 3 unspecified atom stereocenters. The molecule has 1 fully saturated rings. The molecule has 1 saturated heterocycles. The third-order valence-corrected chi connectivity index (χ3v) is 8.63. The zero-order valence-corrected chi connectivity index (χ0v) is 15.6. The molecule has 0 spiro atoms. The topological polar surface area (TPSA) is 55.8 Å². The predicted octanol–water partition coefficient (Wildman–Crippen LogP) is 4.00. The highest BCUT2D eigenvalue weighted by Crippen LogP contribution is 2.59. The quantitative estimate of drug-likeness (QED) is 0.813. The molecule has 1 aromatic heterocycles. The van der Waals surface area contributed by atoms with Gasteiger partial charge in [-0.15, -0.1) is 11.3 Å². The van der Waals surface area contributed by atoms with Gasteiger partial charge in [0.25, 0.3) is 7.37 Å². The molecule has 0 radical (unpaired) electrons. The van der Waals surface area contributed by atoms with E-state index in [1.807, 2.05) is 55.6 Å². The van der Waals surface area contributed by atoms with Crippen molar-refractivity contribution in [1.82, 2.24) is 0 Å². The van der Waals surface area contributed by atoms with E-state index in [0.29, 0.717) is 11.2 Å². The molecule has 0 bridgehead atoms. The Morgan fingerprint density at radius 2 is 2.00 bits per heavy atom. The van der Waals surface area contributed by atoms with Gasteiger partial charge in [0.05, 0.1) is 23.4 Å². The maximum absolute atomic E-state index is 13.4. The molecule has 5 atom stereocenters. The molecular formula is C18H23O4PS. The van der Waals surface area contributed by atoms with Gasteiger partial charge in [-0.25, -0.2) is 0 Å². The van der Waals surface area contributed by atoms with Gasteiger partial charge < -0.3 is 14.4 Å². The molecule has 1 aliphatic heterocycles. The van der Waals surface area contributed by atoms with Gasteiger partial charge in [0.15, 0.2) is 5.85 Å². The van der Waals surface area contributed by atoms with Gasteiger partial charge >= 0.3 is 0 Å². The summed E-state index contributed by atoms with van der Waals surface area (Å²) in [4.78, 5) is 0. The van der Waals surface area contributed by atoms with Crippen LogP contribution in [-0.4, -0.2) is 23.2 Å². The first kappa shape index (κ1) is 17.8. The molecule has 130 valence electrons. The third-order valence-electron chi connectivity index (χ3n) is 4.54. The number of thiophene rings is 1. The monoisotopic (exact) mass is 366 g/mol. The van der Waals surface area contributed by atoms with Crippen molar-refractivity contribution in [2.75, 3.05) is 0 Å². The highest BCUT2D eigenvalue weighted by Gasteiger charge is 2.51. The Bertz CT molecular complexity index is 688. The molecule has 0 saturated carbocycles. The maximum Gasteiger partial charge on any atom is 0.272 e. The summed E-state index contributed by atoms with van der Waals surface area (Å²) >= 11 is 1.36. The van der Waals surface area contributed by atoms with Crippen LogP contribution in [0.25, 0.3) is 0 Å². The highest BCUT2D eigenvalue weighted by molar-refractivity contribution is 7.73. The Balaban J connectivity index is 1.84. The second-order valence-electron chi connectivity index (χ2n) is 6.13. The van der Waals surface area contributed by atoms with Crippen LogP contribution < -0.4 is 4.62 Å². The van der Waals surface area contributed by atoms with Crippen LogP contribution in [0.5, 0.6) is 0 Å². The van der Waals surface area contributed by atoms with E-state index in [0.717, 1.165) is 12.0 Å². The summed E-state index contributed by atoms with van der Waals surface area (Å²) in [5.74, 6) is -1.17. The molecule has 2 aromatic rings. The Kier molecular flexibility index (Phi) is 5.58. The van der Waals surface area contributed by atoms with Crippen LogP contribution in [0.1, 0.15) is 25.8 Å². The summed E-state index contributed by atoms with van der Waals surface area (Å²) in [5, 5.41) is 12.7. The Hall–Kier alpha value is -0.970. The lowest BCUT2D eigenvalue weighted by Gasteiger charge is -2.42. The molecule has 0 aliphatic carbocycles. The average molecular weight is 366 g/mol. The number of hydrogen-bond acceptors (Lipinski definition) is 5. The van der Waals surface area contributed by atoms with Crippen LogP contribution in [0.15, 0.2) is 47.8 Å². The summed E-state index contributed by atoms with van der Waals surface area (Å²) in [6.45, 7) is 4.38. The normalized spacial score (nSPS) is 33.5. The molecule has 0 amide bonds. The summed E-state index contributed by atoms with van der Waals surface area (Å²) in [6.07, 6.45) is 0.0213. The molecule has 24 heavy (non-hydrogen) atoms. The summed E-state index contributed by atoms with van der Waals surface area (Å²) in [7, 11) is -3.35. The van der Waals surface area contributed by atoms with Crippen molar-refractivity contribution >= 4 is 23.3 Å². The van der Waals surface area contributed by atoms with E-state index < -0.39 is 19.3 Å². The molecule has 4 nitrogen and oxygen atoms in total. The highest BCUT2D eigenvalue weighted by atomic mass is 32.1. The van der Waals surface area contributed by atoms with Crippen LogP contribution in [0.4, 0.5) is 0 Å². The largest absolute Gasteiger partial charge is 0.380 e. The lowest BCUT2D eigenvalue weighted by Crippen LogP contribution is -2.47. The third kappa shape index (κ3) is 3.37. The first-order chi connectivity index (χ1) is 11.6. The van der Waals surface area contributed by atoms with Crippen LogP contribution in [0.3, 0.4) is 0 Å². The fourth-order valence-corrected chi connectivity index (χ4v) is 7.06. The van der Waals surface area contributed by atoms with Gasteiger partial charge in [-0.05, 0) is 23.4 Å².